The van der Waals surface area contributed by atoms with Crippen LogP contribution in [0, 0.1) is 0 Å². The van der Waals surface area contributed by atoms with Crippen LogP contribution in [0.25, 0.3) is 0 Å². The first kappa shape index (κ1) is 15.0. The molecular weight excluding hydrogens is 324 g/mol. The lowest BCUT2D eigenvalue weighted by Crippen LogP contribution is -2.41. The van der Waals surface area contributed by atoms with Crippen LogP contribution < -0.4 is 0 Å². The molecule has 0 heterocycles. The Bertz CT molecular complexity index is 497. The molecule has 1 unspecified atom stereocenters. The standard InChI is InChI=1S/C12H16BrClO2S/c1-12(2,17(3,15)16)11(13)8-9-5-4-6-10(14)7-9/h4-7,11H,8H2,1-3H3. The predicted molar refractivity (Wildman–Crippen MR) is 76.8 cm³/mol. The van der Waals surface area contributed by atoms with Gasteiger partial charge in [-0.1, -0.05) is 39.7 Å². The van der Waals surface area contributed by atoms with Gasteiger partial charge in [-0.15, -0.1) is 0 Å². The summed E-state index contributed by atoms with van der Waals surface area (Å²) in [5.74, 6) is 0. The van der Waals surface area contributed by atoms with E-state index in [0.29, 0.717) is 11.4 Å². The molecule has 2 nitrogen and oxygen atoms in total. The molecule has 0 aliphatic heterocycles. The van der Waals surface area contributed by atoms with Crippen molar-refractivity contribution in [3.8, 4) is 0 Å². The van der Waals surface area contributed by atoms with Crippen LogP contribution in [0.1, 0.15) is 19.4 Å². The maximum Gasteiger partial charge on any atom is 0.153 e. The number of rotatable bonds is 4. The highest BCUT2D eigenvalue weighted by molar-refractivity contribution is 9.09. The maximum atomic E-state index is 11.7. The Labute approximate surface area is 116 Å². The number of hydrogen-bond acceptors (Lipinski definition) is 2. The van der Waals surface area contributed by atoms with Crippen molar-refractivity contribution in [2.75, 3.05) is 6.26 Å². The summed E-state index contributed by atoms with van der Waals surface area (Å²) >= 11 is 9.37. The van der Waals surface area contributed by atoms with Crippen LogP contribution in [-0.4, -0.2) is 24.2 Å². The van der Waals surface area contributed by atoms with E-state index in [1.54, 1.807) is 19.9 Å². The average molecular weight is 340 g/mol. The Hall–Kier alpha value is -0.0600. The summed E-state index contributed by atoms with van der Waals surface area (Å²) in [6, 6.07) is 7.47. The molecule has 0 saturated carbocycles. The fourth-order valence-corrected chi connectivity index (χ4v) is 3.50. The molecule has 0 aliphatic rings. The van der Waals surface area contributed by atoms with Crippen LogP contribution in [0.4, 0.5) is 0 Å². The summed E-state index contributed by atoms with van der Waals surface area (Å²) in [5.41, 5.74) is 1.02. The van der Waals surface area contributed by atoms with Gasteiger partial charge in [-0.3, -0.25) is 0 Å². The van der Waals surface area contributed by atoms with Gasteiger partial charge in [-0.2, -0.15) is 0 Å². The SMILES string of the molecule is CC(C)(C(Br)Cc1cccc(Cl)c1)S(C)(=O)=O. The molecule has 0 N–H and O–H groups in total. The van der Waals surface area contributed by atoms with E-state index < -0.39 is 14.6 Å². The Morgan fingerprint density at radius 3 is 2.47 bits per heavy atom. The first-order valence-electron chi connectivity index (χ1n) is 5.22. The number of alkyl halides is 1. The third-order valence-electron chi connectivity index (χ3n) is 3.01. The van der Waals surface area contributed by atoms with Gasteiger partial charge in [0.15, 0.2) is 9.84 Å². The number of halogens is 2. The molecule has 0 fully saturated rings. The first-order chi connectivity index (χ1) is 7.64. The zero-order valence-electron chi connectivity index (χ0n) is 10.1. The van der Waals surface area contributed by atoms with Crippen LogP contribution >= 0.6 is 27.5 Å². The van der Waals surface area contributed by atoms with Crippen molar-refractivity contribution in [1.29, 1.82) is 0 Å². The molecule has 1 aromatic rings. The van der Waals surface area contributed by atoms with Gasteiger partial charge in [0, 0.05) is 16.1 Å². The molecule has 1 aromatic carbocycles. The lowest BCUT2D eigenvalue weighted by Gasteiger charge is -2.28. The van der Waals surface area contributed by atoms with Gasteiger partial charge in [-0.25, -0.2) is 8.42 Å². The van der Waals surface area contributed by atoms with Crippen LogP contribution in [0.15, 0.2) is 24.3 Å². The number of benzene rings is 1. The highest BCUT2D eigenvalue weighted by Gasteiger charge is 2.37. The summed E-state index contributed by atoms with van der Waals surface area (Å²) in [6.07, 6.45) is 1.89. The van der Waals surface area contributed by atoms with Gasteiger partial charge in [0.1, 0.15) is 0 Å². The minimum Gasteiger partial charge on any atom is -0.229 e. The van der Waals surface area contributed by atoms with Crippen molar-refractivity contribution in [2.24, 2.45) is 0 Å². The quantitative estimate of drug-likeness (QED) is 0.787. The molecule has 0 spiro atoms. The van der Waals surface area contributed by atoms with E-state index in [4.69, 9.17) is 11.6 Å². The predicted octanol–water partition coefficient (Wildman–Crippen LogP) is 3.47. The zero-order valence-corrected chi connectivity index (χ0v) is 13.2. The fraction of sp³-hybridized carbons (Fsp3) is 0.500. The molecule has 0 bridgehead atoms. The van der Waals surface area contributed by atoms with Gasteiger partial charge in [0.05, 0.1) is 4.75 Å². The van der Waals surface area contributed by atoms with E-state index in [2.05, 4.69) is 15.9 Å². The lowest BCUT2D eigenvalue weighted by atomic mass is 10.0. The second kappa shape index (κ2) is 5.29. The van der Waals surface area contributed by atoms with E-state index in [0.717, 1.165) is 5.56 Å². The van der Waals surface area contributed by atoms with Crippen molar-refractivity contribution in [2.45, 2.75) is 29.8 Å². The van der Waals surface area contributed by atoms with Gasteiger partial charge in [-0.05, 0) is 38.0 Å². The minimum atomic E-state index is -3.11. The average Bonchev–Trinajstić information content (AvgIpc) is 2.15. The van der Waals surface area contributed by atoms with Crippen LogP contribution in [0.2, 0.25) is 5.02 Å². The van der Waals surface area contributed by atoms with Crippen LogP contribution in [0.5, 0.6) is 0 Å². The Morgan fingerprint density at radius 1 is 1.41 bits per heavy atom. The van der Waals surface area contributed by atoms with E-state index >= 15 is 0 Å². The van der Waals surface area contributed by atoms with Crippen molar-refractivity contribution < 1.29 is 8.42 Å². The topological polar surface area (TPSA) is 34.1 Å². The van der Waals surface area contributed by atoms with E-state index in [1.165, 1.54) is 6.26 Å². The van der Waals surface area contributed by atoms with Gasteiger partial charge in [0.25, 0.3) is 0 Å². The molecule has 0 radical (unpaired) electrons. The minimum absolute atomic E-state index is 0.150. The molecular formula is C12H16BrClO2S. The molecule has 0 aromatic heterocycles. The zero-order chi connectivity index (χ0) is 13.3. The van der Waals surface area contributed by atoms with E-state index in [-0.39, 0.29) is 4.83 Å². The van der Waals surface area contributed by atoms with E-state index in [9.17, 15) is 8.42 Å². The molecule has 1 rings (SSSR count). The van der Waals surface area contributed by atoms with Crippen LogP contribution in [-0.2, 0) is 16.3 Å². The third-order valence-corrected chi connectivity index (χ3v) is 7.22. The monoisotopic (exact) mass is 338 g/mol. The summed E-state index contributed by atoms with van der Waals surface area (Å²) in [7, 11) is -3.11. The molecule has 0 amide bonds. The van der Waals surface area contributed by atoms with Crippen molar-refractivity contribution in [3.05, 3.63) is 34.9 Å². The normalized spacial score (nSPS) is 14.6. The summed E-state index contributed by atoms with van der Waals surface area (Å²) < 4.78 is 22.6. The molecule has 1 atom stereocenters. The number of sulfone groups is 1. The third kappa shape index (κ3) is 3.70. The second-order valence-electron chi connectivity index (χ2n) is 4.68. The highest BCUT2D eigenvalue weighted by atomic mass is 79.9. The Kier molecular flexibility index (Phi) is 4.67. The van der Waals surface area contributed by atoms with Crippen molar-refractivity contribution >= 4 is 37.4 Å². The van der Waals surface area contributed by atoms with E-state index in [1.807, 2.05) is 18.2 Å². The highest BCUT2D eigenvalue weighted by Crippen LogP contribution is 2.29. The molecule has 0 aliphatic carbocycles. The summed E-state index contributed by atoms with van der Waals surface area (Å²) in [5, 5.41) is 0.666. The Morgan fingerprint density at radius 2 is 2.00 bits per heavy atom. The summed E-state index contributed by atoms with van der Waals surface area (Å²) in [4.78, 5) is -0.150. The molecule has 0 saturated heterocycles. The maximum absolute atomic E-state index is 11.7. The van der Waals surface area contributed by atoms with Crippen molar-refractivity contribution in [3.63, 3.8) is 0 Å². The lowest BCUT2D eigenvalue weighted by molar-refractivity contribution is 0.542. The van der Waals surface area contributed by atoms with Gasteiger partial charge >= 0.3 is 0 Å². The second-order valence-corrected chi connectivity index (χ2v) is 8.82. The van der Waals surface area contributed by atoms with Gasteiger partial charge < -0.3 is 0 Å². The molecule has 17 heavy (non-hydrogen) atoms. The van der Waals surface area contributed by atoms with Crippen molar-refractivity contribution in [1.82, 2.24) is 0 Å². The smallest absolute Gasteiger partial charge is 0.153 e. The summed E-state index contributed by atoms with van der Waals surface area (Å²) in [6.45, 7) is 3.46. The largest absolute Gasteiger partial charge is 0.229 e. The Balaban J connectivity index is 2.90. The number of hydrogen-bond donors (Lipinski definition) is 0. The molecule has 5 heteroatoms. The fourth-order valence-electron chi connectivity index (χ4n) is 1.35. The van der Waals surface area contributed by atoms with Crippen LogP contribution in [0.3, 0.4) is 0 Å². The molecule has 96 valence electrons. The van der Waals surface area contributed by atoms with Gasteiger partial charge in [0.2, 0.25) is 0 Å². The first-order valence-corrected chi connectivity index (χ1v) is 8.41.